The van der Waals surface area contributed by atoms with Crippen molar-refractivity contribution in [1.82, 2.24) is 9.88 Å². The Kier molecular flexibility index (Phi) is 2.53. The molecule has 2 heterocycles. The molecular formula is C15H20N2OS. The van der Waals surface area contributed by atoms with Crippen LogP contribution < -0.4 is 0 Å². The topological polar surface area (TPSA) is 33.2 Å². The minimum absolute atomic E-state index is 0.177. The summed E-state index contributed by atoms with van der Waals surface area (Å²) in [6.07, 6.45) is 4.25. The summed E-state index contributed by atoms with van der Waals surface area (Å²) in [7, 11) is 0. The first-order chi connectivity index (χ1) is 9.13. The molecule has 1 amide bonds. The Morgan fingerprint density at radius 3 is 2.37 bits per heavy atom. The fraction of sp³-hybridized carbons (Fsp3) is 0.733. The number of aryl methyl sites for hydroxylation is 2. The lowest BCUT2D eigenvalue weighted by Gasteiger charge is -2.22. The molecule has 1 aromatic rings. The van der Waals surface area contributed by atoms with Crippen LogP contribution in [0.5, 0.6) is 0 Å². The Morgan fingerprint density at radius 1 is 1.21 bits per heavy atom. The van der Waals surface area contributed by atoms with E-state index < -0.39 is 0 Å². The van der Waals surface area contributed by atoms with Crippen molar-refractivity contribution >= 4 is 17.2 Å². The molecule has 3 nitrogen and oxygen atoms in total. The maximum absolute atomic E-state index is 12.6. The number of likely N-dealkylation sites (tertiary alicyclic amines) is 1. The van der Waals surface area contributed by atoms with E-state index in [9.17, 15) is 4.79 Å². The number of carbonyl (C=O) groups excluding carboxylic acids is 1. The first-order valence-electron chi connectivity index (χ1n) is 7.37. The van der Waals surface area contributed by atoms with Gasteiger partial charge < -0.3 is 4.90 Å². The standard InChI is InChI=1S/C15H20N2OS/c1-8-14(16-9(2)19-8)15(18)17-6-12-10-3-4-11(5-10)13(12)7-17/h10-13H,3-7H2,1-2H3/t10-,11+,12-,13+. The third-order valence-corrected chi connectivity index (χ3v) is 6.42. The summed E-state index contributed by atoms with van der Waals surface area (Å²) in [5.74, 6) is 3.58. The van der Waals surface area contributed by atoms with Gasteiger partial charge in [-0.2, -0.15) is 0 Å². The zero-order chi connectivity index (χ0) is 13.1. The second kappa shape index (κ2) is 4.05. The highest BCUT2D eigenvalue weighted by atomic mass is 32.1. The van der Waals surface area contributed by atoms with Crippen molar-refractivity contribution < 1.29 is 4.79 Å². The summed E-state index contributed by atoms with van der Waals surface area (Å²) in [4.78, 5) is 20.2. The molecule has 2 aliphatic carbocycles. The zero-order valence-electron chi connectivity index (χ0n) is 11.6. The highest BCUT2D eigenvalue weighted by Gasteiger charge is 2.52. The molecule has 0 unspecified atom stereocenters. The SMILES string of the molecule is Cc1nc(C(=O)N2C[C@@H]3[C@@H]4CC[C@@H](C4)[C@@H]3C2)c(C)s1. The average Bonchev–Trinajstić information content (AvgIpc) is 3.07. The van der Waals surface area contributed by atoms with E-state index >= 15 is 0 Å². The first-order valence-corrected chi connectivity index (χ1v) is 8.18. The number of nitrogens with zero attached hydrogens (tertiary/aromatic N) is 2. The molecule has 4 rings (SSSR count). The van der Waals surface area contributed by atoms with Gasteiger partial charge in [0.15, 0.2) is 0 Å². The minimum Gasteiger partial charge on any atom is -0.337 e. The van der Waals surface area contributed by atoms with Crippen LogP contribution in [0.2, 0.25) is 0 Å². The van der Waals surface area contributed by atoms with Gasteiger partial charge in [-0.1, -0.05) is 0 Å². The molecule has 0 N–H and O–H groups in total. The fourth-order valence-corrected chi connectivity index (χ4v) is 5.53. The largest absolute Gasteiger partial charge is 0.337 e. The number of hydrogen-bond acceptors (Lipinski definition) is 3. The number of hydrogen-bond donors (Lipinski definition) is 0. The number of fused-ring (bicyclic) bond motifs is 5. The normalized spacial score (nSPS) is 36.0. The molecule has 0 spiro atoms. The number of carbonyl (C=O) groups is 1. The lowest BCUT2D eigenvalue weighted by atomic mass is 9.82. The van der Waals surface area contributed by atoms with Gasteiger partial charge in [0.1, 0.15) is 5.69 Å². The molecule has 3 aliphatic rings. The number of amides is 1. The third-order valence-electron chi connectivity index (χ3n) is 5.53. The van der Waals surface area contributed by atoms with Gasteiger partial charge in [0.2, 0.25) is 0 Å². The smallest absolute Gasteiger partial charge is 0.273 e. The van der Waals surface area contributed by atoms with Crippen molar-refractivity contribution in [3.05, 3.63) is 15.6 Å². The van der Waals surface area contributed by atoms with E-state index in [1.54, 1.807) is 11.3 Å². The summed E-state index contributed by atoms with van der Waals surface area (Å²) in [5, 5.41) is 1.00. The molecule has 2 saturated carbocycles. The lowest BCUT2D eigenvalue weighted by molar-refractivity contribution is 0.0770. The van der Waals surface area contributed by atoms with Crippen LogP contribution >= 0.6 is 11.3 Å². The maximum atomic E-state index is 12.6. The summed E-state index contributed by atoms with van der Waals surface area (Å²) in [5.41, 5.74) is 0.704. The molecule has 4 heteroatoms. The summed E-state index contributed by atoms with van der Waals surface area (Å²) >= 11 is 1.63. The Hall–Kier alpha value is -0.900. The molecule has 1 aromatic heterocycles. The van der Waals surface area contributed by atoms with E-state index in [0.717, 1.165) is 46.6 Å². The molecule has 1 aliphatic heterocycles. The van der Waals surface area contributed by atoms with Crippen molar-refractivity contribution in [3.8, 4) is 0 Å². The maximum Gasteiger partial charge on any atom is 0.273 e. The zero-order valence-corrected chi connectivity index (χ0v) is 12.4. The van der Waals surface area contributed by atoms with Crippen LogP contribution in [-0.4, -0.2) is 28.9 Å². The van der Waals surface area contributed by atoms with Crippen LogP contribution in [0.25, 0.3) is 0 Å². The van der Waals surface area contributed by atoms with E-state index in [1.165, 1.54) is 19.3 Å². The molecule has 4 atom stereocenters. The van der Waals surface area contributed by atoms with Gasteiger partial charge in [-0.05, 0) is 56.8 Å². The van der Waals surface area contributed by atoms with Crippen molar-refractivity contribution in [2.24, 2.45) is 23.7 Å². The molecule has 0 aromatic carbocycles. The first kappa shape index (κ1) is 11.9. The van der Waals surface area contributed by atoms with Crippen LogP contribution in [0, 0.1) is 37.5 Å². The summed E-state index contributed by atoms with van der Waals surface area (Å²) in [6.45, 7) is 5.97. The van der Waals surface area contributed by atoms with Crippen molar-refractivity contribution in [2.45, 2.75) is 33.1 Å². The van der Waals surface area contributed by atoms with E-state index in [4.69, 9.17) is 0 Å². The average molecular weight is 276 g/mol. The number of aromatic nitrogens is 1. The van der Waals surface area contributed by atoms with Crippen LogP contribution in [0.15, 0.2) is 0 Å². The highest BCUT2D eigenvalue weighted by Crippen LogP contribution is 2.55. The minimum atomic E-state index is 0.177. The number of rotatable bonds is 1. The van der Waals surface area contributed by atoms with E-state index in [2.05, 4.69) is 9.88 Å². The lowest BCUT2D eigenvalue weighted by Crippen LogP contribution is -2.31. The molecule has 2 bridgehead atoms. The predicted molar refractivity (Wildman–Crippen MR) is 75.3 cm³/mol. The van der Waals surface area contributed by atoms with Gasteiger partial charge in [0.25, 0.3) is 5.91 Å². The monoisotopic (exact) mass is 276 g/mol. The third kappa shape index (κ3) is 1.69. The van der Waals surface area contributed by atoms with Crippen molar-refractivity contribution in [1.29, 1.82) is 0 Å². The van der Waals surface area contributed by atoms with Gasteiger partial charge >= 0.3 is 0 Å². The number of thiazole rings is 1. The molecule has 1 saturated heterocycles. The van der Waals surface area contributed by atoms with Crippen LogP contribution in [0.3, 0.4) is 0 Å². The van der Waals surface area contributed by atoms with E-state index in [1.807, 2.05) is 13.8 Å². The fourth-order valence-electron chi connectivity index (χ4n) is 4.72. The predicted octanol–water partition coefficient (Wildman–Crippen LogP) is 2.88. The molecule has 19 heavy (non-hydrogen) atoms. The molecular weight excluding hydrogens is 256 g/mol. The van der Waals surface area contributed by atoms with Crippen LogP contribution in [0.4, 0.5) is 0 Å². The Balaban J connectivity index is 1.55. The molecule has 0 radical (unpaired) electrons. The summed E-state index contributed by atoms with van der Waals surface area (Å²) < 4.78 is 0. The quantitative estimate of drug-likeness (QED) is 0.790. The Labute approximate surface area is 118 Å². The summed E-state index contributed by atoms with van der Waals surface area (Å²) in [6, 6.07) is 0. The van der Waals surface area contributed by atoms with Gasteiger partial charge in [-0.3, -0.25) is 4.79 Å². The van der Waals surface area contributed by atoms with Gasteiger partial charge in [0.05, 0.1) is 5.01 Å². The second-order valence-corrected chi connectivity index (χ2v) is 7.92. The van der Waals surface area contributed by atoms with Crippen LogP contribution in [-0.2, 0) is 0 Å². The Morgan fingerprint density at radius 2 is 1.84 bits per heavy atom. The Bertz CT molecular complexity index is 520. The van der Waals surface area contributed by atoms with Gasteiger partial charge in [-0.25, -0.2) is 4.98 Å². The van der Waals surface area contributed by atoms with Crippen LogP contribution in [0.1, 0.15) is 39.6 Å². The van der Waals surface area contributed by atoms with Gasteiger partial charge in [-0.15, -0.1) is 11.3 Å². The van der Waals surface area contributed by atoms with E-state index in [0.29, 0.717) is 5.69 Å². The van der Waals surface area contributed by atoms with Crippen molar-refractivity contribution in [3.63, 3.8) is 0 Å². The second-order valence-electron chi connectivity index (χ2n) is 6.51. The van der Waals surface area contributed by atoms with Gasteiger partial charge in [0, 0.05) is 18.0 Å². The highest BCUT2D eigenvalue weighted by molar-refractivity contribution is 7.11. The molecule has 3 fully saturated rings. The van der Waals surface area contributed by atoms with E-state index in [-0.39, 0.29) is 5.91 Å². The molecule has 102 valence electrons. The van der Waals surface area contributed by atoms with Crippen molar-refractivity contribution in [2.75, 3.05) is 13.1 Å².